The van der Waals surface area contributed by atoms with Crippen molar-refractivity contribution in [3.05, 3.63) is 23.7 Å². The van der Waals surface area contributed by atoms with E-state index in [1.807, 2.05) is 19.9 Å². The third kappa shape index (κ3) is 2.26. The molecule has 0 amide bonds. The van der Waals surface area contributed by atoms with Crippen molar-refractivity contribution in [2.24, 2.45) is 17.8 Å². The molecule has 2 aromatic heterocycles. The summed E-state index contributed by atoms with van der Waals surface area (Å²) in [6, 6.07) is 4.09. The summed E-state index contributed by atoms with van der Waals surface area (Å²) in [5.41, 5.74) is 3.04. The molecule has 0 radical (unpaired) electrons. The first kappa shape index (κ1) is 13.6. The van der Waals surface area contributed by atoms with Crippen LogP contribution in [0, 0.1) is 24.7 Å². The Kier molecular flexibility index (Phi) is 3.21. The first-order valence-corrected chi connectivity index (χ1v) is 8.53. The lowest BCUT2D eigenvalue weighted by atomic mass is 9.89. The highest BCUT2D eigenvalue weighted by molar-refractivity contribution is 6.20. The van der Waals surface area contributed by atoms with Crippen LogP contribution in [0.1, 0.15) is 49.5 Å². The number of aromatic nitrogens is 3. The number of halogens is 1. The molecule has 3 nitrogen and oxygen atoms in total. The van der Waals surface area contributed by atoms with Crippen LogP contribution in [0.15, 0.2) is 12.1 Å². The predicted molar refractivity (Wildman–Crippen MR) is 85.5 cm³/mol. The predicted octanol–water partition coefficient (Wildman–Crippen LogP) is 4.48. The minimum atomic E-state index is -0.0712. The fraction of sp³-hybridized carbons (Fsp3) is 0.647. The third-order valence-corrected chi connectivity index (χ3v) is 5.61. The summed E-state index contributed by atoms with van der Waals surface area (Å²) >= 11 is 6.37. The zero-order chi connectivity index (χ0) is 14.6. The van der Waals surface area contributed by atoms with Crippen molar-refractivity contribution in [3.63, 3.8) is 0 Å². The molecule has 4 rings (SSSR count). The van der Waals surface area contributed by atoms with Crippen molar-refractivity contribution in [1.82, 2.24) is 14.5 Å². The van der Waals surface area contributed by atoms with Gasteiger partial charge in [0.15, 0.2) is 5.65 Å². The van der Waals surface area contributed by atoms with E-state index in [-0.39, 0.29) is 5.38 Å². The van der Waals surface area contributed by atoms with E-state index in [9.17, 15) is 0 Å². The molecule has 4 atom stereocenters. The second-order valence-electron chi connectivity index (χ2n) is 6.93. The van der Waals surface area contributed by atoms with E-state index in [4.69, 9.17) is 21.6 Å². The minimum absolute atomic E-state index is 0.0712. The van der Waals surface area contributed by atoms with Gasteiger partial charge in [0.1, 0.15) is 11.3 Å². The van der Waals surface area contributed by atoms with Crippen LogP contribution >= 0.6 is 11.6 Å². The molecule has 0 saturated heterocycles. The Morgan fingerprint density at radius 1 is 1.29 bits per heavy atom. The highest BCUT2D eigenvalue weighted by Crippen LogP contribution is 2.49. The van der Waals surface area contributed by atoms with Crippen molar-refractivity contribution in [1.29, 1.82) is 0 Å². The van der Waals surface area contributed by atoms with E-state index < -0.39 is 0 Å². The van der Waals surface area contributed by atoms with Crippen molar-refractivity contribution in [3.8, 4) is 0 Å². The molecular weight excluding hydrogens is 282 g/mol. The Bertz CT molecular complexity index is 676. The van der Waals surface area contributed by atoms with Gasteiger partial charge in [-0.15, -0.1) is 11.6 Å². The molecule has 0 N–H and O–H groups in total. The first-order valence-electron chi connectivity index (χ1n) is 8.09. The van der Waals surface area contributed by atoms with Crippen LogP contribution < -0.4 is 0 Å². The fourth-order valence-corrected chi connectivity index (χ4v) is 4.60. The molecular formula is C17H22ClN3. The molecule has 2 fully saturated rings. The van der Waals surface area contributed by atoms with Crippen molar-refractivity contribution in [2.45, 2.75) is 51.5 Å². The lowest BCUT2D eigenvalue weighted by Gasteiger charge is -2.23. The number of imidazole rings is 1. The van der Waals surface area contributed by atoms with E-state index in [0.29, 0.717) is 0 Å². The smallest absolute Gasteiger partial charge is 0.160 e. The summed E-state index contributed by atoms with van der Waals surface area (Å²) in [4.78, 5) is 9.45. The average Bonchev–Trinajstić information content (AvgIpc) is 3.13. The summed E-state index contributed by atoms with van der Waals surface area (Å²) < 4.78 is 2.30. The third-order valence-electron chi connectivity index (χ3n) is 5.42. The maximum absolute atomic E-state index is 6.37. The van der Waals surface area contributed by atoms with Crippen LogP contribution in [0.5, 0.6) is 0 Å². The number of nitrogens with zero attached hydrogens (tertiary/aromatic N) is 3. The second kappa shape index (κ2) is 4.98. The maximum Gasteiger partial charge on any atom is 0.160 e. The molecule has 2 aliphatic carbocycles. The Balaban J connectivity index is 1.75. The molecule has 2 aromatic rings. The van der Waals surface area contributed by atoms with Gasteiger partial charge in [0, 0.05) is 12.2 Å². The number of pyridine rings is 1. The number of fused-ring (bicyclic) bond motifs is 3. The van der Waals surface area contributed by atoms with Gasteiger partial charge in [0.2, 0.25) is 0 Å². The molecule has 4 heteroatoms. The van der Waals surface area contributed by atoms with Crippen LogP contribution in [0.25, 0.3) is 11.2 Å². The quantitative estimate of drug-likeness (QED) is 0.783. The fourth-order valence-electron chi connectivity index (χ4n) is 4.43. The number of rotatable bonds is 3. The second-order valence-corrected chi connectivity index (χ2v) is 7.58. The SMILES string of the molecule is Cc1ccc2nc(C(C)Cl)n(CC3CC4CCC3C4)c2n1. The molecule has 0 aromatic carbocycles. The molecule has 112 valence electrons. The highest BCUT2D eigenvalue weighted by Gasteiger charge is 2.40. The van der Waals surface area contributed by atoms with Gasteiger partial charge < -0.3 is 4.57 Å². The lowest BCUT2D eigenvalue weighted by molar-refractivity contribution is 0.295. The Morgan fingerprint density at radius 3 is 2.81 bits per heavy atom. The first-order chi connectivity index (χ1) is 10.1. The van der Waals surface area contributed by atoms with E-state index in [0.717, 1.165) is 47.0 Å². The molecule has 2 bridgehead atoms. The van der Waals surface area contributed by atoms with Crippen molar-refractivity contribution >= 4 is 22.8 Å². The zero-order valence-electron chi connectivity index (χ0n) is 12.7. The van der Waals surface area contributed by atoms with Gasteiger partial charge in [-0.25, -0.2) is 9.97 Å². The highest BCUT2D eigenvalue weighted by atomic mass is 35.5. The van der Waals surface area contributed by atoms with Crippen LogP contribution in [0.2, 0.25) is 0 Å². The molecule has 4 unspecified atom stereocenters. The molecule has 0 spiro atoms. The molecule has 0 aliphatic heterocycles. The normalized spacial score (nSPS) is 29.4. The van der Waals surface area contributed by atoms with Gasteiger partial charge in [0.25, 0.3) is 0 Å². The Morgan fingerprint density at radius 2 is 2.14 bits per heavy atom. The van der Waals surface area contributed by atoms with Gasteiger partial charge >= 0.3 is 0 Å². The number of aryl methyl sites for hydroxylation is 1. The summed E-state index contributed by atoms with van der Waals surface area (Å²) in [5.74, 6) is 3.65. The van der Waals surface area contributed by atoms with Crippen LogP contribution in [0.3, 0.4) is 0 Å². The van der Waals surface area contributed by atoms with Crippen LogP contribution in [-0.2, 0) is 6.54 Å². The van der Waals surface area contributed by atoms with Gasteiger partial charge in [0.05, 0.1) is 5.38 Å². The van der Waals surface area contributed by atoms with E-state index in [1.54, 1.807) is 0 Å². The molecule has 21 heavy (non-hydrogen) atoms. The monoisotopic (exact) mass is 303 g/mol. The maximum atomic E-state index is 6.37. The molecule has 2 aliphatic rings. The molecule has 2 saturated carbocycles. The van der Waals surface area contributed by atoms with Crippen molar-refractivity contribution in [2.75, 3.05) is 0 Å². The van der Waals surface area contributed by atoms with E-state index >= 15 is 0 Å². The van der Waals surface area contributed by atoms with Gasteiger partial charge in [-0.3, -0.25) is 0 Å². The Hall–Kier alpha value is -1.09. The number of hydrogen-bond donors (Lipinski definition) is 0. The van der Waals surface area contributed by atoms with Gasteiger partial charge in [-0.1, -0.05) is 6.42 Å². The van der Waals surface area contributed by atoms with E-state index in [1.165, 1.54) is 25.7 Å². The summed E-state index contributed by atoms with van der Waals surface area (Å²) in [6.45, 7) is 5.09. The summed E-state index contributed by atoms with van der Waals surface area (Å²) in [6.07, 6.45) is 5.68. The topological polar surface area (TPSA) is 30.7 Å². The lowest BCUT2D eigenvalue weighted by Crippen LogP contribution is -2.19. The van der Waals surface area contributed by atoms with Crippen LogP contribution in [-0.4, -0.2) is 14.5 Å². The summed E-state index contributed by atoms with van der Waals surface area (Å²) in [7, 11) is 0. The van der Waals surface area contributed by atoms with Gasteiger partial charge in [-0.05, 0) is 63.0 Å². The standard InChI is InChI=1S/C17H22ClN3/c1-10-3-6-15-17(19-10)21(16(20-15)11(2)18)9-14-8-12-4-5-13(14)7-12/h3,6,11-14H,4-5,7-9H2,1-2H3. The number of alkyl halides is 1. The van der Waals surface area contributed by atoms with Crippen LogP contribution in [0.4, 0.5) is 0 Å². The van der Waals surface area contributed by atoms with Gasteiger partial charge in [-0.2, -0.15) is 0 Å². The average molecular weight is 304 g/mol. The van der Waals surface area contributed by atoms with Crippen molar-refractivity contribution < 1.29 is 0 Å². The van der Waals surface area contributed by atoms with E-state index in [2.05, 4.69) is 10.6 Å². The summed E-state index contributed by atoms with van der Waals surface area (Å²) in [5, 5.41) is -0.0712. The number of hydrogen-bond acceptors (Lipinski definition) is 2. The molecule has 2 heterocycles. The minimum Gasteiger partial charge on any atom is -0.311 e. The zero-order valence-corrected chi connectivity index (χ0v) is 13.5. The largest absolute Gasteiger partial charge is 0.311 e. The Labute approximate surface area is 130 Å².